The molecule has 0 atom stereocenters. The molecule has 2 N–H and O–H groups in total. The minimum absolute atomic E-state index is 0.0264. The van der Waals surface area contributed by atoms with Crippen LogP contribution in [-0.4, -0.2) is 42.3 Å². The van der Waals surface area contributed by atoms with Crippen LogP contribution in [-0.2, 0) is 4.79 Å². The van der Waals surface area contributed by atoms with E-state index in [4.69, 9.17) is 0 Å². The second kappa shape index (κ2) is 10.1. The van der Waals surface area contributed by atoms with Crippen molar-refractivity contribution in [3.05, 3.63) is 65.7 Å². The van der Waals surface area contributed by atoms with Crippen molar-refractivity contribution in [3.8, 4) is 0 Å². The Kier molecular flexibility index (Phi) is 7.55. The maximum Gasteiger partial charge on any atom is 0.253 e. The Morgan fingerprint density at radius 3 is 2.07 bits per heavy atom. The molecule has 0 saturated heterocycles. The molecule has 0 aliphatic carbocycles. The van der Waals surface area contributed by atoms with Crippen LogP contribution in [0.25, 0.3) is 0 Å². The van der Waals surface area contributed by atoms with Gasteiger partial charge in [-0.3, -0.25) is 14.4 Å². The molecule has 3 amide bonds. The minimum Gasteiger partial charge on any atom is -0.352 e. The van der Waals surface area contributed by atoms with Crippen molar-refractivity contribution in [2.24, 2.45) is 0 Å². The number of amides is 3. The highest BCUT2D eigenvalue weighted by Crippen LogP contribution is 2.12. The molecule has 2 rings (SSSR count). The van der Waals surface area contributed by atoms with Gasteiger partial charge in [0.05, 0.1) is 0 Å². The third-order valence-corrected chi connectivity index (χ3v) is 4.14. The largest absolute Gasteiger partial charge is 0.352 e. The van der Waals surface area contributed by atoms with E-state index in [2.05, 4.69) is 10.6 Å². The summed E-state index contributed by atoms with van der Waals surface area (Å²) in [6, 6.07) is 15.7. The molecule has 6 heteroatoms. The van der Waals surface area contributed by atoms with Crippen LogP contribution < -0.4 is 10.6 Å². The monoisotopic (exact) mass is 367 g/mol. The Morgan fingerprint density at radius 1 is 0.852 bits per heavy atom. The second-order valence-corrected chi connectivity index (χ2v) is 5.97. The minimum atomic E-state index is -0.206. The number of hydrogen-bond donors (Lipinski definition) is 2. The predicted molar refractivity (Wildman–Crippen MR) is 106 cm³/mol. The molecular weight excluding hydrogens is 342 g/mol. The molecule has 0 heterocycles. The molecule has 2 aromatic carbocycles. The van der Waals surface area contributed by atoms with E-state index in [1.165, 1.54) is 0 Å². The van der Waals surface area contributed by atoms with E-state index in [0.717, 1.165) is 0 Å². The van der Waals surface area contributed by atoms with Crippen molar-refractivity contribution >= 4 is 23.4 Å². The van der Waals surface area contributed by atoms with Crippen LogP contribution in [0.1, 0.15) is 41.0 Å². The van der Waals surface area contributed by atoms with Gasteiger partial charge in [0.25, 0.3) is 11.8 Å². The molecule has 2 aromatic rings. The Morgan fingerprint density at radius 2 is 1.48 bits per heavy atom. The van der Waals surface area contributed by atoms with Gasteiger partial charge in [-0.2, -0.15) is 0 Å². The number of carbonyl (C=O) groups is 3. The van der Waals surface area contributed by atoms with Gasteiger partial charge in [0.2, 0.25) is 5.91 Å². The Labute approximate surface area is 159 Å². The lowest BCUT2D eigenvalue weighted by Crippen LogP contribution is -2.30. The molecule has 0 spiro atoms. The van der Waals surface area contributed by atoms with Crippen molar-refractivity contribution in [1.82, 2.24) is 10.2 Å². The number of nitrogens with zero attached hydrogens (tertiary/aromatic N) is 1. The SMILES string of the molecule is CCN(CC)C(=O)c1ccc(NC(=O)CCNC(=O)c2ccccc2)cc1. The first kappa shape index (κ1) is 20.2. The summed E-state index contributed by atoms with van der Waals surface area (Å²) in [6.07, 6.45) is 0.165. The smallest absolute Gasteiger partial charge is 0.253 e. The van der Waals surface area contributed by atoms with E-state index in [1.54, 1.807) is 53.4 Å². The molecular formula is C21H25N3O3. The van der Waals surface area contributed by atoms with E-state index in [-0.39, 0.29) is 30.7 Å². The molecule has 6 nitrogen and oxygen atoms in total. The fourth-order valence-electron chi connectivity index (χ4n) is 2.59. The number of benzene rings is 2. The molecule has 0 radical (unpaired) electrons. The number of carbonyl (C=O) groups excluding carboxylic acids is 3. The van der Waals surface area contributed by atoms with Crippen molar-refractivity contribution in [3.63, 3.8) is 0 Å². The van der Waals surface area contributed by atoms with Crippen LogP contribution in [0.3, 0.4) is 0 Å². The molecule has 0 bridgehead atoms. The van der Waals surface area contributed by atoms with E-state index >= 15 is 0 Å². The highest BCUT2D eigenvalue weighted by Gasteiger charge is 2.12. The predicted octanol–water partition coefficient (Wildman–Crippen LogP) is 2.93. The van der Waals surface area contributed by atoms with Gasteiger partial charge < -0.3 is 15.5 Å². The molecule has 0 saturated carbocycles. The van der Waals surface area contributed by atoms with E-state index < -0.39 is 0 Å². The van der Waals surface area contributed by atoms with E-state index in [0.29, 0.717) is 29.9 Å². The molecule has 0 aliphatic rings. The Hall–Kier alpha value is -3.15. The summed E-state index contributed by atoms with van der Waals surface area (Å²) >= 11 is 0. The maximum atomic E-state index is 12.3. The first-order valence-electron chi connectivity index (χ1n) is 9.07. The highest BCUT2D eigenvalue weighted by atomic mass is 16.2. The molecule has 0 unspecified atom stereocenters. The van der Waals surface area contributed by atoms with Gasteiger partial charge in [0, 0.05) is 42.9 Å². The maximum absolute atomic E-state index is 12.3. The van der Waals surface area contributed by atoms with Crippen LogP contribution in [0.2, 0.25) is 0 Å². The van der Waals surface area contributed by atoms with Crippen LogP contribution in [0.15, 0.2) is 54.6 Å². The summed E-state index contributed by atoms with van der Waals surface area (Å²) in [4.78, 5) is 37.9. The third-order valence-electron chi connectivity index (χ3n) is 4.14. The van der Waals surface area contributed by atoms with Crippen LogP contribution in [0.4, 0.5) is 5.69 Å². The lowest BCUT2D eigenvalue weighted by atomic mass is 10.1. The van der Waals surface area contributed by atoms with Crippen LogP contribution in [0.5, 0.6) is 0 Å². The molecule has 0 fully saturated rings. The van der Waals surface area contributed by atoms with Crippen molar-refractivity contribution in [2.75, 3.05) is 25.0 Å². The number of rotatable bonds is 8. The van der Waals surface area contributed by atoms with Crippen LogP contribution >= 0.6 is 0 Å². The third kappa shape index (κ3) is 5.95. The molecule has 27 heavy (non-hydrogen) atoms. The first-order chi connectivity index (χ1) is 13.0. The van der Waals surface area contributed by atoms with Crippen molar-refractivity contribution in [1.29, 1.82) is 0 Å². The topological polar surface area (TPSA) is 78.5 Å². The van der Waals surface area contributed by atoms with Gasteiger partial charge in [-0.1, -0.05) is 18.2 Å². The Balaban J connectivity index is 1.80. The Bertz CT molecular complexity index is 769. The average Bonchev–Trinajstić information content (AvgIpc) is 2.70. The second-order valence-electron chi connectivity index (χ2n) is 5.97. The number of hydrogen-bond acceptors (Lipinski definition) is 3. The van der Waals surface area contributed by atoms with E-state index in [1.807, 2.05) is 19.9 Å². The van der Waals surface area contributed by atoms with Gasteiger partial charge in [-0.15, -0.1) is 0 Å². The first-order valence-corrected chi connectivity index (χ1v) is 9.07. The summed E-state index contributed by atoms with van der Waals surface area (Å²) in [7, 11) is 0. The van der Waals surface area contributed by atoms with Crippen molar-refractivity contribution in [2.45, 2.75) is 20.3 Å². The summed E-state index contributed by atoms with van der Waals surface area (Å²) in [5, 5.41) is 5.48. The quantitative estimate of drug-likeness (QED) is 0.753. The van der Waals surface area contributed by atoms with Crippen molar-refractivity contribution < 1.29 is 14.4 Å². The van der Waals surface area contributed by atoms with Gasteiger partial charge >= 0.3 is 0 Å². The summed E-state index contributed by atoms with van der Waals surface area (Å²) < 4.78 is 0. The van der Waals surface area contributed by atoms with E-state index in [9.17, 15) is 14.4 Å². The highest BCUT2D eigenvalue weighted by molar-refractivity contribution is 5.96. The lowest BCUT2D eigenvalue weighted by Gasteiger charge is -2.18. The normalized spacial score (nSPS) is 10.1. The fourth-order valence-corrected chi connectivity index (χ4v) is 2.59. The fraction of sp³-hybridized carbons (Fsp3) is 0.286. The number of nitrogens with one attached hydrogen (secondary N) is 2. The summed E-state index contributed by atoms with van der Waals surface area (Å²) in [5.41, 5.74) is 1.77. The molecule has 0 aromatic heterocycles. The zero-order chi connectivity index (χ0) is 19.6. The van der Waals surface area contributed by atoms with Gasteiger partial charge in [0.15, 0.2) is 0 Å². The summed E-state index contributed by atoms with van der Waals surface area (Å²) in [6.45, 7) is 5.43. The van der Waals surface area contributed by atoms with Gasteiger partial charge in [-0.25, -0.2) is 0 Å². The molecule has 142 valence electrons. The summed E-state index contributed by atoms with van der Waals surface area (Å²) in [5.74, 6) is -0.435. The van der Waals surface area contributed by atoms with Gasteiger partial charge in [-0.05, 0) is 50.2 Å². The zero-order valence-corrected chi connectivity index (χ0v) is 15.7. The average molecular weight is 367 g/mol. The zero-order valence-electron chi connectivity index (χ0n) is 15.7. The lowest BCUT2D eigenvalue weighted by molar-refractivity contribution is -0.116. The number of anilines is 1. The standard InChI is InChI=1S/C21H25N3O3/c1-3-24(4-2)21(27)17-10-12-18(13-11-17)23-19(25)14-15-22-20(26)16-8-6-5-7-9-16/h5-13H,3-4,14-15H2,1-2H3,(H,22,26)(H,23,25). The molecule has 0 aliphatic heterocycles. The van der Waals surface area contributed by atoms with Crippen LogP contribution in [0, 0.1) is 0 Å². The van der Waals surface area contributed by atoms with Gasteiger partial charge in [0.1, 0.15) is 0 Å².